The summed E-state index contributed by atoms with van der Waals surface area (Å²) < 4.78 is 0. The first-order valence-corrected chi connectivity index (χ1v) is 7.49. The molecule has 0 atom stereocenters. The molecule has 0 aromatic carbocycles. The number of nitrogens with zero attached hydrogens (tertiary/aromatic N) is 2. The van der Waals surface area contributed by atoms with Crippen LogP contribution in [0.2, 0.25) is 10.0 Å². The second-order valence-electron chi connectivity index (χ2n) is 4.86. The monoisotopic (exact) mass is 443 g/mol. The first-order valence-electron chi connectivity index (χ1n) is 6.74. The van der Waals surface area contributed by atoms with E-state index in [1.807, 2.05) is 0 Å². The summed E-state index contributed by atoms with van der Waals surface area (Å²) >= 11 is 11.8. The predicted molar refractivity (Wildman–Crippen MR) is 100.0 cm³/mol. The van der Waals surface area contributed by atoms with E-state index in [2.05, 4.69) is 20.6 Å². The number of aromatic nitrogens is 1. The minimum Gasteiger partial charge on any atom is -0.370 e. The van der Waals surface area contributed by atoms with Crippen LogP contribution in [0.15, 0.2) is 17.3 Å². The number of anilines is 1. The third-order valence-corrected chi connectivity index (χ3v) is 3.77. The largest absolute Gasteiger partial charge is 0.370 e. The molecular weight excluding hydrogens is 424 g/mol. The van der Waals surface area contributed by atoms with Gasteiger partial charge < -0.3 is 16.4 Å². The predicted octanol–water partition coefficient (Wildman–Crippen LogP) is 3.12. The molecule has 1 saturated carbocycles. The molecule has 8 heteroatoms. The summed E-state index contributed by atoms with van der Waals surface area (Å²) in [5, 5.41) is 7.19. The minimum absolute atomic E-state index is 0. The standard InChI is InChI=1S/C13H19Cl2N5.HI/c14-10-6-11(15)12(19-8-10)17-4-5-18-13(16)20-7-9-2-1-3-9;/h6,8-9H,1-5,7H2,(H,17,19)(H3,16,18,20);1H. The lowest BCUT2D eigenvalue weighted by molar-refractivity contribution is 0.326. The molecule has 1 aliphatic carbocycles. The number of halogens is 3. The number of nitrogens with one attached hydrogen (secondary N) is 2. The van der Waals surface area contributed by atoms with Crippen molar-refractivity contribution in [2.75, 3.05) is 25.0 Å². The number of rotatable bonds is 6. The molecule has 1 fully saturated rings. The number of aliphatic imine (C=N–C) groups is 1. The Morgan fingerprint density at radius 1 is 1.38 bits per heavy atom. The van der Waals surface area contributed by atoms with Crippen molar-refractivity contribution >= 4 is 59.0 Å². The Morgan fingerprint density at radius 3 is 2.76 bits per heavy atom. The van der Waals surface area contributed by atoms with Gasteiger partial charge in [0.2, 0.25) is 0 Å². The molecule has 1 aliphatic rings. The van der Waals surface area contributed by atoms with Gasteiger partial charge in [0, 0.05) is 25.8 Å². The summed E-state index contributed by atoms with van der Waals surface area (Å²) in [6, 6.07) is 1.65. The van der Waals surface area contributed by atoms with Crippen molar-refractivity contribution in [2.24, 2.45) is 16.6 Å². The van der Waals surface area contributed by atoms with E-state index in [0.29, 0.717) is 34.9 Å². The zero-order valence-corrected chi connectivity index (χ0v) is 15.5. The molecule has 1 aromatic heterocycles. The molecule has 118 valence electrons. The molecule has 0 amide bonds. The molecular formula is C13H20Cl2IN5. The lowest BCUT2D eigenvalue weighted by Crippen LogP contribution is -2.35. The van der Waals surface area contributed by atoms with Gasteiger partial charge in [0.15, 0.2) is 5.96 Å². The van der Waals surface area contributed by atoms with Gasteiger partial charge >= 0.3 is 0 Å². The summed E-state index contributed by atoms with van der Waals surface area (Å²) in [7, 11) is 0. The van der Waals surface area contributed by atoms with Crippen LogP contribution in [0, 0.1) is 5.92 Å². The Kier molecular flexibility index (Phi) is 8.43. The normalized spacial score (nSPS) is 15.0. The molecule has 0 spiro atoms. The van der Waals surface area contributed by atoms with E-state index in [0.717, 1.165) is 12.5 Å². The van der Waals surface area contributed by atoms with Crippen LogP contribution in [0.25, 0.3) is 0 Å². The molecule has 0 bridgehead atoms. The molecule has 4 N–H and O–H groups in total. The Hall–Kier alpha value is -0.470. The summed E-state index contributed by atoms with van der Waals surface area (Å²) in [5.41, 5.74) is 5.78. The smallest absolute Gasteiger partial charge is 0.188 e. The Balaban J connectivity index is 0.00000220. The fraction of sp³-hybridized carbons (Fsp3) is 0.538. The highest BCUT2D eigenvalue weighted by Gasteiger charge is 2.16. The van der Waals surface area contributed by atoms with E-state index in [1.165, 1.54) is 19.3 Å². The number of guanidine groups is 1. The van der Waals surface area contributed by atoms with E-state index in [4.69, 9.17) is 28.9 Å². The molecule has 2 rings (SSSR count). The SMILES string of the molecule is I.NC(=NCC1CCC1)NCCNc1ncc(Cl)cc1Cl. The topological polar surface area (TPSA) is 75.3 Å². The Morgan fingerprint density at radius 2 is 2.14 bits per heavy atom. The van der Waals surface area contributed by atoms with E-state index in [1.54, 1.807) is 12.3 Å². The molecule has 0 unspecified atom stereocenters. The van der Waals surface area contributed by atoms with Gasteiger partial charge in [-0.15, -0.1) is 24.0 Å². The zero-order chi connectivity index (χ0) is 14.4. The Labute approximate surface area is 152 Å². The molecule has 0 aliphatic heterocycles. The molecule has 1 heterocycles. The van der Waals surface area contributed by atoms with E-state index in [9.17, 15) is 0 Å². The van der Waals surface area contributed by atoms with Crippen LogP contribution in [-0.4, -0.2) is 30.6 Å². The van der Waals surface area contributed by atoms with Crippen molar-refractivity contribution < 1.29 is 0 Å². The fourth-order valence-electron chi connectivity index (χ4n) is 1.87. The van der Waals surface area contributed by atoms with Crippen molar-refractivity contribution in [2.45, 2.75) is 19.3 Å². The van der Waals surface area contributed by atoms with Gasteiger partial charge in [0.1, 0.15) is 5.82 Å². The number of hydrogen-bond acceptors (Lipinski definition) is 3. The van der Waals surface area contributed by atoms with Crippen molar-refractivity contribution in [3.05, 3.63) is 22.3 Å². The first-order chi connectivity index (χ1) is 9.65. The molecule has 1 aromatic rings. The van der Waals surface area contributed by atoms with Gasteiger partial charge in [-0.05, 0) is 24.8 Å². The van der Waals surface area contributed by atoms with E-state index >= 15 is 0 Å². The third kappa shape index (κ3) is 6.44. The minimum atomic E-state index is 0. The van der Waals surface area contributed by atoms with Crippen LogP contribution < -0.4 is 16.4 Å². The van der Waals surface area contributed by atoms with Crippen molar-refractivity contribution in [1.82, 2.24) is 10.3 Å². The van der Waals surface area contributed by atoms with Gasteiger partial charge in [0.05, 0.1) is 10.0 Å². The van der Waals surface area contributed by atoms with Gasteiger partial charge in [-0.2, -0.15) is 0 Å². The second kappa shape index (κ2) is 9.53. The van der Waals surface area contributed by atoms with Crippen LogP contribution in [0.3, 0.4) is 0 Å². The van der Waals surface area contributed by atoms with Gasteiger partial charge in [-0.1, -0.05) is 29.6 Å². The summed E-state index contributed by atoms with van der Waals surface area (Å²) in [5.74, 6) is 1.84. The number of hydrogen-bond donors (Lipinski definition) is 3. The van der Waals surface area contributed by atoms with Crippen LogP contribution in [0.1, 0.15) is 19.3 Å². The number of nitrogens with two attached hydrogens (primary N) is 1. The maximum atomic E-state index is 6.00. The van der Waals surface area contributed by atoms with Gasteiger partial charge in [0.25, 0.3) is 0 Å². The summed E-state index contributed by atoms with van der Waals surface area (Å²) in [6.45, 7) is 2.13. The third-order valence-electron chi connectivity index (χ3n) is 3.28. The second-order valence-corrected chi connectivity index (χ2v) is 5.70. The first kappa shape index (κ1) is 18.6. The lowest BCUT2D eigenvalue weighted by atomic mass is 9.86. The quantitative estimate of drug-likeness (QED) is 0.273. The van der Waals surface area contributed by atoms with Crippen LogP contribution in [-0.2, 0) is 0 Å². The zero-order valence-electron chi connectivity index (χ0n) is 11.6. The number of pyridine rings is 1. The summed E-state index contributed by atoms with van der Waals surface area (Å²) in [6.07, 6.45) is 5.43. The Bertz CT molecular complexity index is 480. The van der Waals surface area contributed by atoms with Gasteiger partial charge in [-0.25, -0.2) is 4.98 Å². The van der Waals surface area contributed by atoms with Crippen molar-refractivity contribution in [3.63, 3.8) is 0 Å². The summed E-state index contributed by atoms with van der Waals surface area (Å²) in [4.78, 5) is 8.42. The highest BCUT2D eigenvalue weighted by molar-refractivity contribution is 14.0. The van der Waals surface area contributed by atoms with E-state index in [-0.39, 0.29) is 24.0 Å². The van der Waals surface area contributed by atoms with Crippen LogP contribution in [0.4, 0.5) is 5.82 Å². The lowest BCUT2D eigenvalue weighted by Gasteiger charge is -2.23. The molecule has 21 heavy (non-hydrogen) atoms. The molecule has 0 radical (unpaired) electrons. The van der Waals surface area contributed by atoms with E-state index < -0.39 is 0 Å². The highest BCUT2D eigenvalue weighted by Crippen LogP contribution is 2.26. The van der Waals surface area contributed by atoms with Crippen LogP contribution in [0.5, 0.6) is 0 Å². The molecule has 0 saturated heterocycles. The highest BCUT2D eigenvalue weighted by atomic mass is 127. The van der Waals surface area contributed by atoms with Crippen molar-refractivity contribution in [1.29, 1.82) is 0 Å². The average Bonchev–Trinajstić information content (AvgIpc) is 2.35. The maximum Gasteiger partial charge on any atom is 0.188 e. The van der Waals surface area contributed by atoms with Gasteiger partial charge in [-0.3, -0.25) is 4.99 Å². The maximum absolute atomic E-state index is 6.00. The average molecular weight is 444 g/mol. The van der Waals surface area contributed by atoms with Crippen molar-refractivity contribution in [3.8, 4) is 0 Å². The molecule has 5 nitrogen and oxygen atoms in total. The fourth-order valence-corrected chi connectivity index (χ4v) is 2.32. The van der Waals surface area contributed by atoms with Crippen LogP contribution >= 0.6 is 47.2 Å².